The highest BCUT2D eigenvalue weighted by Gasteiger charge is 1.98. The summed E-state index contributed by atoms with van der Waals surface area (Å²) in [7, 11) is 0. The topological polar surface area (TPSA) is 30.0 Å². The molecule has 0 saturated heterocycles. The molecule has 0 N–H and O–H groups in total. The van der Waals surface area contributed by atoms with Crippen LogP contribution in [0, 0.1) is 0 Å². The Bertz CT molecular complexity index is 556. The van der Waals surface area contributed by atoms with Gasteiger partial charge in [0, 0.05) is 18.0 Å². The molecule has 0 aliphatic rings. The van der Waals surface area contributed by atoms with Gasteiger partial charge in [0.2, 0.25) is 0 Å². The first-order valence-corrected chi connectivity index (χ1v) is 5.70. The molecule has 0 bridgehead atoms. The van der Waals surface area contributed by atoms with Crippen LogP contribution in [0.15, 0.2) is 73.1 Å². The van der Waals surface area contributed by atoms with Gasteiger partial charge in [0.25, 0.3) is 0 Å². The van der Waals surface area contributed by atoms with Crippen molar-refractivity contribution in [1.29, 1.82) is 0 Å². The highest BCUT2D eigenvalue weighted by Crippen LogP contribution is 2.02. The van der Waals surface area contributed by atoms with Crippen LogP contribution in [-0.4, -0.2) is 10.8 Å². The number of carbonyl (C=O) groups excluding carboxylic acids is 1. The molecule has 0 unspecified atom stereocenters. The van der Waals surface area contributed by atoms with Gasteiger partial charge in [-0.25, -0.2) is 0 Å². The van der Waals surface area contributed by atoms with Crippen LogP contribution in [0.5, 0.6) is 0 Å². The first kappa shape index (κ1) is 12.0. The Hall–Kier alpha value is -2.48. The van der Waals surface area contributed by atoms with Crippen molar-refractivity contribution in [2.75, 3.05) is 0 Å². The molecule has 0 amide bonds. The monoisotopic (exact) mass is 235 g/mol. The maximum Gasteiger partial charge on any atom is 0.187 e. The van der Waals surface area contributed by atoms with E-state index >= 15 is 0 Å². The highest BCUT2D eigenvalue weighted by atomic mass is 16.1. The number of allylic oxidation sites excluding steroid dienone is 3. The van der Waals surface area contributed by atoms with E-state index in [9.17, 15) is 4.79 Å². The Morgan fingerprint density at radius 2 is 1.83 bits per heavy atom. The van der Waals surface area contributed by atoms with Gasteiger partial charge in [-0.3, -0.25) is 9.78 Å². The number of hydrogen-bond acceptors (Lipinski definition) is 2. The number of hydrogen-bond donors (Lipinski definition) is 0. The van der Waals surface area contributed by atoms with Crippen molar-refractivity contribution in [2.45, 2.75) is 0 Å². The summed E-state index contributed by atoms with van der Waals surface area (Å²) in [5.41, 5.74) is 1.71. The van der Waals surface area contributed by atoms with Crippen LogP contribution < -0.4 is 0 Å². The van der Waals surface area contributed by atoms with Gasteiger partial charge >= 0.3 is 0 Å². The molecular formula is C16H13NO. The van der Waals surface area contributed by atoms with Crippen molar-refractivity contribution in [3.05, 3.63) is 84.2 Å². The molecular weight excluding hydrogens is 222 g/mol. The van der Waals surface area contributed by atoms with Crippen molar-refractivity contribution in [2.24, 2.45) is 0 Å². The van der Waals surface area contributed by atoms with Crippen molar-refractivity contribution in [3.8, 4) is 0 Å². The second-order valence-electron chi connectivity index (χ2n) is 3.73. The predicted molar refractivity (Wildman–Crippen MR) is 73.2 cm³/mol. The molecule has 18 heavy (non-hydrogen) atoms. The Kier molecular flexibility index (Phi) is 4.20. The molecule has 2 aromatic rings. The molecule has 2 rings (SSSR count). The van der Waals surface area contributed by atoms with Gasteiger partial charge in [-0.05, 0) is 23.8 Å². The third-order valence-corrected chi connectivity index (χ3v) is 2.39. The summed E-state index contributed by atoms with van der Waals surface area (Å²) in [5.74, 6) is -0.0409. The van der Waals surface area contributed by atoms with Gasteiger partial charge in [-0.1, -0.05) is 48.6 Å². The van der Waals surface area contributed by atoms with E-state index < -0.39 is 0 Å². The zero-order chi connectivity index (χ0) is 12.6. The second-order valence-corrected chi connectivity index (χ2v) is 3.73. The van der Waals surface area contributed by atoms with E-state index in [1.807, 2.05) is 42.5 Å². The van der Waals surface area contributed by atoms with E-state index in [0.717, 1.165) is 5.56 Å². The SMILES string of the molecule is O=C(/C=C/C=C/c1ccccc1)c1cccnc1. The Balaban J connectivity index is 1.96. The first-order valence-electron chi connectivity index (χ1n) is 5.70. The molecule has 2 nitrogen and oxygen atoms in total. The van der Waals surface area contributed by atoms with Crippen LogP contribution in [0.2, 0.25) is 0 Å². The molecule has 0 fully saturated rings. The van der Waals surface area contributed by atoms with Crippen LogP contribution in [-0.2, 0) is 0 Å². The van der Waals surface area contributed by atoms with Gasteiger partial charge in [0.05, 0.1) is 0 Å². The summed E-state index contributed by atoms with van der Waals surface area (Å²) in [6.45, 7) is 0. The summed E-state index contributed by atoms with van der Waals surface area (Å²) in [6.07, 6.45) is 10.3. The lowest BCUT2D eigenvalue weighted by atomic mass is 10.1. The van der Waals surface area contributed by atoms with Gasteiger partial charge in [-0.15, -0.1) is 0 Å². The molecule has 0 radical (unpaired) electrons. The average Bonchev–Trinajstić information content (AvgIpc) is 2.45. The second kappa shape index (κ2) is 6.30. The fraction of sp³-hybridized carbons (Fsp3) is 0. The van der Waals surface area contributed by atoms with E-state index in [1.54, 1.807) is 30.6 Å². The summed E-state index contributed by atoms with van der Waals surface area (Å²) >= 11 is 0. The van der Waals surface area contributed by atoms with Crippen molar-refractivity contribution >= 4 is 11.9 Å². The molecule has 0 aliphatic heterocycles. The average molecular weight is 235 g/mol. The standard InChI is InChI=1S/C16H13NO/c18-16(15-10-6-12-17-13-15)11-5-4-9-14-7-2-1-3-8-14/h1-13H/b9-4+,11-5+. The Morgan fingerprint density at radius 3 is 2.56 bits per heavy atom. The number of benzene rings is 1. The summed E-state index contributed by atoms with van der Waals surface area (Å²) in [5, 5.41) is 0. The Morgan fingerprint density at radius 1 is 1.00 bits per heavy atom. The van der Waals surface area contributed by atoms with E-state index in [2.05, 4.69) is 4.98 Å². The zero-order valence-electron chi connectivity index (χ0n) is 9.86. The number of carbonyl (C=O) groups is 1. The summed E-state index contributed by atoms with van der Waals surface area (Å²) in [4.78, 5) is 15.6. The van der Waals surface area contributed by atoms with Gasteiger partial charge in [0.1, 0.15) is 0 Å². The Labute approximate surface area is 106 Å². The van der Waals surface area contributed by atoms with Crippen LogP contribution in [0.25, 0.3) is 6.08 Å². The molecule has 0 atom stereocenters. The number of nitrogens with zero attached hydrogens (tertiary/aromatic N) is 1. The lowest BCUT2D eigenvalue weighted by molar-refractivity contribution is 0.104. The predicted octanol–water partition coefficient (Wildman–Crippen LogP) is 3.53. The smallest absolute Gasteiger partial charge is 0.187 e. The number of pyridine rings is 1. The van der Waals surface area contributed by atoms with Crippen molar-refractivity contribution in [1.82, 2.24) is 4.98 Å². The van der Waals surface area contributed by atoms with Crippen LogP contribution in [0.3, 0.4) is 0 Å². The molecule has 2 heteroatoms. The van der Waals surface area contributed by atoms with Crippen LogP contribution in [0.1, 0.15) is 15.9 Å². The normalized spacial score (nSPS) is 11.1. The first-order chi connectivity index (χ1) is 8.86. The lowest BCUT2D eigenvalue weighted by Crippen LogP contribution is -1.93. The summed E-state index contributed by atoms with van der Waals surface area (Å²) in [6, 6.07) is 13.4. The fourth-order valence-electron chi connectivity index (χ4n) is 1.48. The quantitative estimate of drug-likeness (QED) is 0.461. The van der Waals surface area contributed by atoms with Gasteiger partial charge < -0.3 is 0 Å². The van der Waals surface area contributed by atoms with Crippen LogP contribution >= 0.6 is 0 Å². The van der Waals surface area contributed by atoms with E-state index in [1.165, 1.54) is 6.08 Å². The third kappa shape index (κ3) is 3.52. The van der Waals surface area contributed by atoms with Gasteiger partial charge in [0.15, 0.2) is 5.78 Å². The lowest BCUT2D eigenvalue weighted by Gasteiger charge is -1.92. The number of ketones is 1. The molecule has 1 heterocycles. The highest BCUT2D eigenvalue weighted by molar-refractivity contribution is 6.04. The maximum atomic E-state index is 11.7. The van der Waals surface area contributed by atoms with E-state index in [0.29, 0.717) is 5.56 Å². The molecule has 0 saturated carbocycles. The van der Waals surface area contributed by atoms with Gasteiger partial charge in [-0.2, -0.15) is 0 Å². The van der Waals surface area contributed by atoms with E-state index in [-0.39, 0.29) is 5.78 Å². The van der Waals surface area contributed by atoms with Crippen LogP contribution in [0.4, 0.5) is 0 Å². The minimum Gasteiger partial charge on any atom is -0.289 e. The van der Waals surface area contributed by atoms with Crippen molar-refractivity contribution in [3.63, 3.8) is 0 Å². The minimum atomic E-state index is -0.0409. The van der Waals surface area contributed by atoms with Crippen molar-refractivity contribution < 1.29 is 4.79 Å². The molecule has 0 spiro atoms. The number of rotatable bonds is 4. The third-order valence-electron chi connectivity index (χ3n) is 2.39. The summed E-state index contributed by atoms with van der Waals surface area (Å²) < 4.78 is 0. The maximum absolute atomic E-state index is 11.7. The molecule has 1 aromatic heterocycles. The fourth-order valence-corrected chi connectivity index (χ4v) is 1.48. The number of aromatic nitrogens is 1. The minimum absolute atomic E-state index is 0.0409. The van der Waals surface area contributed by atoms with E-state index in [4.69, 9.17) is 0 Å². The molecule has 0 aliphatic carbocycles. The zero-order valence-corrected chi connectivity index (χ0v) is 9.86. The molecule has 1 aromatic carbocycles. The molecule has 88 valence electrons. The largest absolute Gasteiger partial charge is 0.289 e.